The Hall–Kier alpha value is -3.82. The van der Waals surface area contributed by atoms with Gasteiger partial charge in [0.15, 0.2) is 11.4 Å². The molecule has 0 fully saturated rings. The first kappa shape index (κ1) is 28.2. The third-order valence-corrected chi connectivity index (χ3v) is 6.68. The highest BCUT2D eigenvalue weighted by molar-refractivity contribution is 6.42. The lowest BCUT2D eigenvalue weighted by atomic mass is 9.81. The predicted molar refractivity (Wildman–Crippen MR) is 145 cm³/mol. The van der Waals surface area contributed by atoms with E-state index in [-0.39, 0.29) is 27.3 Å². The van der Waals surface area contributed by atoms with Crippen LogP contribution >= 0.6 is 23.2 Å². The van der Waals surface area contributed by atoms with Crippen LogP contribution in [0.3, 0.4) is 0 Å². The molecule has 1 heterocycles. The van der Waals surface area contributed by atoms with E-state index in [0.29, 0.717) is 16.8 Å². The van der Waals surface area contributed by atoms with Crippen molar-refractivity contribution >= 4 is 35.0 Å². The summed E-state index contributed by atoms with van der Waals surface area (Å²) in [6.45, 7) is 0.748. The Balaban J connectivity index is 1.86. The number of carboxylic acids is 1. The molecule has 4 rings (SSSR count). The normalized spacial score (nSPS) is 12.1. The number of hydrogen-bond acceptors (Lipinski definition) is 7. The Morgan fingerprint density at radius 3 is 2.05 bits per heavy atom. The van der Waals surface area contributed by atoms with Gasteiger partial charge in [0.05, 0.1) is 22.3 Å². The Bertz CT molecular complexity index is 1430. The van der Waals surface area contributed by atoms with Gasteiger partial charge >= 0.3 is 12.0 Å². The molecule has 0 aliphatic rings. The zero-order chi connectivity index (χ0) is 28.0. The number of halogens is 2. The summed E-state index contributed by atoms with van der Waals surface area (Å²) in [6.07, 6.45) is -1.75. The van der Waals surface area contributed by atoms with Crippen molar-refractivity contribution in [1.82, 2.24) is 9.97 Å². The Morgan fingerprint density at radius 1 is 0.897 bits per heavy atom. The van der Waals surface area contributed by atoms with Crippen LogP contribution in [-0.2, 0) is 21.7 Å². The van der Waals surface area contributed by atoms with Gasteiger partial charge in [0.1, 0.15) is 6.61 Å². The van der Waals surface area contributed by atoms with Crippen LogP contribution in [0.1, 0.15) is 32.9 Å². The quantitative estimate of drug-likeness (QED) is 0.236. The Labute approximate surface area is 234 Å². The number of aliphatic hydroxyl groups excluding tert-OH is 1. The number of benzene rings is 3. The topological polar surface area (TPSA) is 119 Å². The predicted octanol–water partition coefficient (Wildman–Crippen LogP) is 5.26. The first-order chi connectivity index (χ1) is 18.7. The molecular formula is C29H24Cl2N2O6. The molecular weight excluding hydrogens is 543 g/mol. The van der Waals surface area contributed by atoms with Crippen molar-refractivity contribution in [2.24, 2.45) is 0 Å². The molecule has 1 atom stereocenters. The highest BCUT2D eigenvalue weighted by Gasteiger charge is 2.50. The van der Waals surface area contributed by atoms with Gasteiger partial charge in [-0.1, -0.05) is 83.9 Å². The van der Waals surface area contributed by atoms with Gasteiger partial charge in [-0.25, -0.2) is 9.78 Å². The van der Waals surface area contributed by atoms with Crippen LogP contribution in [-0.4, -0.2) is 44.6 Å². The van der Waals surface area contributed by atoms with Crippen LogP contribution in [0.2, 0.25) is 10.0 Å². The zero-order valence-corrected chi connectivity index (χ0v) is 22.3. The van der Waals surface area contributed by atoms with Crippen LogP contribution in [0.4, 0.5) is 0 Å². The van der Waals surface area contributed by atoms with Crippen molar-refractivity contribution in [2.75, 3.05) is 6.61 Å². The van der Waals surface area contributed by atoms with Crippen molar-refractivity contribution < 1.29 is 29.3 Å². The Morgan fingerprint density at radius 2 is 1.51 bits per heavy atom. The molecule has 0 saturated heterocycles. The molecule has 4 aromatic rings. The van der Waals surface area contributed by atoms with Crippen LogP contribution < -0.4 is 4.74 Å². The fraction of sp³-hybridized carbons (Fsp3) is 0.172. The average Bonchev–Trinajstić information content (AvgIpc) is 2.94. The van der Waals surface area contributed by atoms with Gasteiger partial charge in [0.25, 0.3) is 0 Å². The summed E-state index contributed by atoms with van der Waals surface area (Å²) in [6, 6.07) is 22.9. The minimum absolute atomic E-state index is 0.197. The standard InChI is InChI=1S/C29H24Cl2N2O6/c1-18-14-22(16-34)33-28(32-18)39-26(27(36)37)29(20-8-4-2-5-9-20,21-10-6-3-7-11-21)38-17-25(35)19-12-13-23(30)24(31)15-19/h2-15,26,34H,16-17H2,1H3,(H,36,37). The summed E-state index contributed by atoms with van der Waals surface area (Å²) in [5, 5.41) is 20.6. The summed E-state index contributed by atoms with van der Waals surface area (Å²) in [5.74, 6) is -1.84. The number of hydrogen-bond donors (Lipinski definition) is 2. The Kier molecular flexibility index (Phi) is 8.93. The lowest BCUT2D eigenvalue weighted by molar-refractivity contribution is -0.162. The van der Waals surface area contributed by atoms with E-state index >= 15 is 0 Å². The van der Waals surface area contributed by atoms with Crippen molar-refractivity contribution in [3.05, 3.63) is 123 Å². The molecule has 0 amide bonds. The number of aliphatic carboxylic acids is 1. The number of carbonyl (C=O) groups excluding carboxylic acids is 1. The second-order valence-electron chi connectivity index (χ2n) is 8.59. The molecule has 39 heavy (non-hydrogen) atoms. The van der Waals surface area contributed by atoms with Gasteiger partial charge in [-0.3, -0.25) is 4.79 Å². The molecule has 0 spiro atoms. The minimum Gasteiger partial charge on any atom is -0.478 e. The second-order valence-corrected chi connectivity index (χ2v) is 9.40. The third kappa shape index (κ3) is 6.26. The van der Waals surface area contributed by atoms with E-state index in [1.807, 2.05) is 0 Å². The smallest absolute Gasteiger partial charge is 0.348 e. The van der Waals surface area contributed by atoms with E-state index in [2.05, 4.69) is 9.97 Å². The molecule has 10 heteroatoms. The lowest BCUT2D eigenvalue weighted by Crippen LogP contribution is -2.52. The summed E-state index contributed by atoms with van der Waals surface area (Å²) in [5.41, 5.74) is -0.0357. The summed E-state index contributed by atoms with van der Waals surface area (Å²) in [4.78, 5) is 34.5. The van der Waals surface area contributed by atoms with Gasteiger partial charge < -0.3 is 19.7 Å². The number of Topliss-reactive ketones (excluding diaryl/α,β-unsaturated/α-hetero) is 1. The number of ketones is 1. The monoisotopic (exact) mass is 566 g/mol. The molecule has 2 N–H and O–H groups in total. The fourth-order valence-corrected chi connectivity index (χ4v) is 4.46. The maximum absolute atomic E-state index is 13.2. The number of aryl methyl sites for hydroxylation is 1. The van der Waals surface area contributed by atoms with E-state index in [0.717, 1.165) is 0 Å². The number of aliphatic hydroxyl groups is 1. The van der Waals surface area contributed by atoms with Gasteiger partial charge in [0.2, 0.25) is 6.10 Å². The SMILES string of the molecule is Cc1cc(CO)nc(OC(C(=O)O)C(OCC(=O)c2ccc(Cl)c(Cl)c2)(c2ccccc2)c2ccccc2)n1. The average molecular weight is 567 g/mol. The number of aromatic nitrogens is 2. The summed E-state index contributed by atoms with van der Waals surface area (Å²) in [7, 11) is 0. The van der Waals surface area contributed by atoms with Crippen LogP contribution in [0.25, 0.3) is 0 Å². The van der Waals surface area contributed by atoms with Gasteiger partial charge in [-0.15, -0.1) is 0 Å². The number of ether oxygens (including phenoxy) is 2. The largest absolute Gasteiger partial charge is 0.478 e. The van der Waals surface area contributed by atoms with E-state index < -0.39 is 36.7 Å². The number of carbonyl (C=O) groups is 2. The van der Waals surface area contributed by atoms with Crippen molar-refractivity contribution in [2.45, 2.75) is 25.2 Å². The van der Waals surface area contributed by atoms with Crippen molar-refractivity contribution in [3.63, 3.8) is 0 Å². The highest BCUT2D eigenvalue weighted by atomic mass is 35.5. The number of carboxylic acid groups (broad SMARTS) is 1. The van der Waals surface area contributed by atoms with E-state index in [1.54, 1.807) is 73.7 Å². The number of nitrogens with zero attached hydrogens (tertiary/aromatic N) is 2. The zero-order valence-electron chi connectivity index (χ0n) is 20.8. The third-order valence-electron chi connectivity index (χ3n) is 5.94. The van der Waals surface area contributed by atoms with Crippen molar-refractivity contribution in [1.29, 1.82) is 0 Å². The molecule has 0 aliphatic heterocycles. The second kappa shape index (κ2) is 12.4. The fourth-order valence-electron chi connectivity index (χ4n) is 4.17. The minimum atomic E-state index is -1.83. The summed E-state index contributed by atoms with van der Waals surface area (Å²) >= 11 is 12.1. The van der Waals surface area contributed by atoms with E-state index in [4.69, 9.17) is 32.7 Å². The van der Waals surface area contributed by atoms with E-state index in [9.17, 15) is 19.8 Å². The van der Waals surface area contributed by atoms with E-state index in [1.165, 1.54) is 18.2 Å². The van der Waals surface area contributed by atoms with Crippen molar-refractivity contribution in [3.8, 4) is 6.01 Å². The van der Waals surface area contributed by atoms with Crippen LogP contribution in [0.5, 0.6) is 6.01 Å². The molecule has 3 aromatic carbocycles. The van der Waals surface area contributed by atoms with Crippen LogP contribution in [0, 0.1) is 6.92 Å². The molecule has 0 aliphatic carbocycles. The van der Waals surface area contributed by atoms with Crippen LogP contribution in [0.15, 0.2) is 84.9 Å². The molecule has 0 saturated carbocycles. The maximum Gasteiger partial charge on any atom is 0.348 e. The highest BCUT2D eigenvalue weighted by Crippen LogP contribution is 2.39. The first-order valence-electron chi connectivity index (χ1n) is 11.8. The first-order valence-corrected chi connectivity index (χ1v) is 12.6. The lowest BCUT2D eigenvalue weighted by Gasteiger charge is -2.38. The molecule has 1 aromatic heterocycles. The van der Waals surface area contributed by atoms with Gasteiger partial charge in [-0.2, -0.15) is 4.98 Å². The number of rotatable bonds is 11. The molecule has 0 bridgehead atoms. The molecule has 0 radical (unpaired) electrons. The van der Waals surface area contributed by atoms with Gasteiger partial charge in [-0.05, 0) is 42.3 Å². The summed E-state index contributed by atoms with van der Waals surface area (Å²) < 4.78 is 12.3. The molecule has 1 unspecified atom stereocenters. The molecule has 200 valence electrons. The maximum atomic E-state index is 13.2. The molecule has 8 nitrogen and oxygen atoms in total. The van der Waals surface area contributed by atoms with Gasteiger partial charge in [0, 0.05) is 11.3 Å².